The van der Waals surface area contributed by atoms with Crippen molar-refractivity contribution in [3.63, 3.8) is 0 Å². The van der Waals surface area contributed by atoms with Crippen molar-refractivity contribution >= 4 is 11.8 Å². The van der Waals surface area contributed by atoms with Gasteiger partial charge in [-0.3, -0.25) is 9.59 Å². The van der Waals surface area contributed by atoms with Crippen molar-refractivity contribution in [2.75, 3.05) is 79.3 Å². The molecule has 618 valence electrons. The van der Waals surface area contributed by atoms with Crippen LogP contribution < -0.4 is 10.6 Å². The first kappa shape index (κ1) is 88.7. The van der Waals surface area contributed by atoms with Gasteiger partial charge in [0.25, 0.3) is 0 Å². The van der Waals surface area contributed by atoms with E-state index in [2.05, 4.69) is 10.6 Å². The van der Waals surface area contributed by atoms with E-state index in [0.29, 0.717) is 0 Å². The van der Waals surface area contributed by atoms with Crippen LogP contribution in [0.2, 0.25) is 0 Å². The van der Waals surface area contributed by atoms with Gasteiger partial charge < -0.3 is 229 Å². The highest BCUT2D eigenvalue weighted by atomic mass is 16.8. The summed E-state index contributed by atoms with van der Waals surface area (Å²) in [5.41, 5.74) is 0. The lowest BCUT2D eigenvalue weighted by Crippen LogP contribution is -2.65. The van der Waals surface area contributed by atoms with Crippen molar-refractivity contribution < 1.29 is 228 Å². The van der Waals surface area contributed by atoms with Crippen molar-refractivity contribution in [3.05, 3.63) is 0 Å². The van der Waals surface area contributed by atoms with Crippen LogP contribution in [0.1, 0.15) is 12.8 Å². The van der Waals surface area contributed by atoms with Gasteiger partial charge in [0.05, 0.1) is 91.4 Å². The summed E-state index contributed by atoms with van der Waals surface area (Å²) in [4.78, 5) is 28.0. The molecule has 0 aromatic carbocycles. The van der Waals surface area contributed by atoms with E-state index in [4.69, 9.17) is 75.8 Å². The van der Waals surface area contributed by atoms with Crippen LogP contribution >= 0.6 is 0 Å². The molecule has 0 aromatic heterocycles. The van der Waals surface area contributed by atoms with Gasteiger partial charge in [-0.15, -0.1) is 0 Å². The van der Waals surface area contributed by atoms with Crippen molar-refractivity contribution in [3.8, 4) is 0 Å². The number of ether oxygens (including phenoxy) is 16. The number of hydrogen-bond acceptors (Lipinski definition) is 46. The first-order valence-electron chi connectivity index (χ1n) is 33.7. The Bertz CT molecular complexity index is 2290. The molecule has 0 aliphatic carbocycles. The van der Waals surface area contributed by atoms with Crippen molar-refractivity contribution in [2.24, 2.45) is 0 Å². The topological polar surface area (TPSA) is 772 Å². The first-order chi connectivity index (χ1) is 50.3. The van der Waals surface area contributed by atoms with Gasteiger partial charge in [-0.1, -0.05) is 0 Å². The Morgan fingerprint density at radius 1 is 0.236 bits per heavy atom. The average molecular weight is 1560 g/mol. The van der Waals surface area contributed by atoms with E-state index in [1.165, 1.54) is 0 Å². The summed E-state index contributed by atoms with van der Waals surface area (Å²) in [7, 11) is 0. The zero-order chi connectivity index (χ0) is 78.0. The number of aliphatic hydroxyl groups excluding tert-OH is 28. The number of carbonyl (C=O) groups is 2. The average Bonchev–Trinajstić information content (AvgIpc) is 0.799. The summed E-state index contributed by atoms with van der Waals surface area (Å²) in [6.07, 6.45) is -77.9. The zero-order valence-corrected chi connectivity index (χ0v) is 56.0. The summed E-state index contributed by atoms with van der Waals surface area (Å²) in [6, 6.07) is -3.16. The first-order valence-corrected chi connectivity index (χ1v) is 33.7. The Hall–Kier alpha value is -2.82. The molecule has 48 nitrogen and oxygen atoms in total. The summed E-state index contributed by atoms with van der Waals surface area (Å²) < 4.78 is 89.5. The maximum Gasteiger partial charge on any atom is 0.220 e. The van der Waals surface area contributed by atoms with Crippen molar-refractivity contribution in [1.29, 1.82) is 0 Å². The molecule has 8 aliphatic rings. The SMILES string of the molecule is O=C(CCC(=O)NC(CO[C@@H]1O[C@H](CO)[C@@H](O[C@@H]2O[C@H](CO)[C@H](O)[C@H](O)[C@H]2O)[C@H](O)[C@H]1O)CO[C@@H]1O[C@H](CO)[C@@H](O[C@@H]2O[C@H](CO)[C@H](O)[C@H](O)[C@H]2O)[C@H](O)[C@H]1O)NC(CO[C@@H]1O[C@H](CO)[C@@H](O[C@@H]2O[C@H](CO)[C@H](O)[C@H](O)[C@H]2O)[C@H](O)[C@H]1O)CO[C@@H]1O[C@H](CO)[C@@H](O[C@@H]2O[C@H](CO)[C@H](O)[C@H](O)[C@H]2O)[C@H](O)[C@H]1O. The van der Waals surface area contributed by atoms with E-state index >= 15 is 0 Å². The second-order valence-corrected chi connectivity index (χ2v) is 26.4. The molecule has 106 heavy (non-hydrogen) atoms. The lowest BCUT2D eigenvalue weighted by atomic mass is 9.97. The van der Waals surface area contributed by atoms with Crippen LogP contribution in [-0.4, -0.2) is 492 Å². The molecule has 0 aromatic rings. The van der Waals surface area contributed by atoms with Crippen LogP contribution in [0.3, 0.4) is 0 Å². The smallest absolute Gasteiger partial charge is 0.220 e. The molecule has 0 radical (unpaired) electrons. The number of nitrogens with one attached hydrogen (secondary N) is 2. The largest absolute Gasteiger partial charge is 0.394 e. The third-order valence-corrected chi connectivity index (χ3v) is 19.0. The fraction of sp³-hybridized carbons (Fsp3) is 0.966. The van der Waals surface area contributed by atoms with Gasteiger partial charge in [-0.05, 0) is 0 Å². The Balaban J connectivity index is 0.968. The number of aliphatic hydroxyl groups is 28. The second-order valence-electron chi connectivity index (χ2n) is 26.4. The minimum absolute atomic E-state index is 0.818. The molecule has 0 unspecified atom stereocenters. The van der Waals surface area contributed by atoms with Gasteiger partial charge >= 0.3 is 0 Å². The minimum Gasteiger partial charge on any atom is -0.394 e. The van der Waals surface area contributed by atoms with Gasteiger partial charge in [0, 0.05) is 12.8 Å². The molecule has 0 bridgehead atoms. The summed E-state index contributed by atoms with van der Waals surface area (Å²) in [5.74, 6) is -2.14. The van der Waals surface area contributed by atoms with E-state index in [0.717, 1.165) is 0 Å². The van der Waals surface area contributed by atoms with Crippen LogP contribution in [0, 0.1) is 0 Å². The van der Waals surface area contributed by atoms with E-state index in [1.54, 1.807) is 0 Å². The van der Waals surface area contributed by atoms with Gasteiger partial charge in [0.15, 0.2) is 50.3 Å². The van der Waals surface area contributed by atoms with Crippen molar-refractivity contribution in [2.45, 2.75) is 271 Å². The third kappa shape index (κ3) is 20.6. The lowest BCUT2D eigenvalue weighted by Gasteiger charge is -2.46. The number of amides is 2. The van der Waals surface area contributed by atoms with Crippen LogP contribution in [0.15, 0.2) is 0 Å². The van der Waals surface area contributed by atoms with Gasteiger partial charge in [-0.25, -0.2) is 0 Å². The number of rotatable bonds is 33. The highest BCUT2D eigenvalue weighted by Gasteiger charge is 2.57. The molecule has 8 aliphatic heterocycles. The van der Waals surface area contributed by atoms with Crippen LogP contribution in [-0.2, 0) is 85.4 Å². The standard InChI is InChI=1S/C58H100N2O46/c61-3-17-27(71)31(75)39(83)55(95-17)103-47-21(7-65)99-51(43(87)35(47)79)91-11-15(12-92-52-44(88)36(80)48(22(8-66)100-52)104-56-40(84)32(76)28(72)18(4-62)96-56)59-25(69)1-2-26(70)60-16(13-93-53-45(89)37(81)49(23(9-67)101-53)105-57-41(85)33(77)29(73)19(5-63)97-57)14-94-54-46(90)38(82)50(24(10-68)102-54)106-58-42(86)34(78)30(74)20(6-64)98-58/h15-24,27-58,61-68,71-90H,1-14H2,(H,59,69)(H,60,70)/t17-,18-,19-,20-,21-,22-,23-,24-,27+,28+,29+,30+,31+,32+,33+,34+,35-,36-,37-,38-,39-,40-,41-,42-,43-,44-,45-,46-,47-,48-,49-,50-,51-,52-,53-,54-,55+,56+,57+,58+/m1/s1. The van der Waals surface area contributed by atoms with E-state index < -0.39 is 362 Å². The normalized spacial score (nSPS) is 46.9. The Morgan fingerprint density at radius 3 is 0.585 bits per heavy atom. The molecule has 0 saturated carbocycles. The van der Waals surface area contributed by atoms with Gasteiger partial charge in [0.2, 0.25) is 11.8 Å². The van der Waals surface area contributed by atoms with Crippen LogP contribution in [0.25, 0.3) is 0 Å². The molecular weight excluding hydrogens is 1460 g/mol. The molecule has 2 amide bonds. The van der Waals surface area contributed by atoms with E-state index in [-0.39, 0.29) is 0 Å². The predicted octanol–water partition coefficient (Wildman–Crippen LogP) is -20.7. The molecule has 40 atom stereocenters. The molecule has 8 fully saturated rings. The number of hydrogen-bond donors (Lipinski definition) is 30. The van der Waals surface area contributed by atoms with E-state index in [1.807, 2.05) is 0 Å². The molecule has 8 rings (SSSR count). The molecular formula is C58H100N2O46. The molecule has 8 saturated heterocycles. The molecule has 30 N–H and O–H groups in total. The maximum atomic E-state index is 14.0. The van der Waals surface area contributed by atoms with E-state index in [9.17, 15) is 153 Å². The Labute approximate surface area is 599 Å². The van der Waals surface area contributed by atoms with Crippen molar-refractivity contribution in [1.82, 2.24) is 10.6 Å². The fourth-order valence-electron chi connectivity index (χ4n) is 12.7. The summed E-state index contributed by atoms with van der Waals surface area (Å²) in [6.45, 7) is -11.2. The highest BCUT2D eigenvalue weighted by Crippen LogP contribution is 2.36. The van der Waals surface area contributed by atoms with Gasteiger partial charge in [-0.2, -0.15) is 0 Å². The number of carbonyl (C=O) groups excluding carboxylic acids is 2. The quantitative estimate of drug-likeness (QED) is 0.0290. The predicted molar refractivity (Wildman–Crippen MR) is 323 cm³/mol. The minimum atomic E-state index is -2.17. The third-order valence-electron chi connectivity index (χ3n) is 19.0. The Kier molecular flexibility index (Phi) is 33.7. The molecule has 8 heterocycles. The maximum absolute atomic E-state index is 14.0. The molecule has 48 heteroatoms. The highest BCUT2D eigenvalue weighted by molar-refractivity contribution is 5.84. The fourth-order valence-corrected chi connectivity index (χ4v) is 12.7. The zero-order valence-electron chi connectivity index (χ0n) is 56.0. The van der Waals surface area contributed by atoms with Crippen LogP contribution in [0.4, 0.5) is 0 Å². The monoisotopic (exact) mass is 1560 g/mol. The summed E-state index contributed by atoms with van der Waals surface area (Å²) >= 11 is 0. The summed E-state index contributed by atoms with van der Waals surface area (Å²) in [5, 5.41) is 300. The molecule has 0 spiro atoms. The second kappa shape index (κ2) is 40.3. The van der Waals surface area contributed by atoms with Gasteiger partial charge in [0.1, 0.15) is 195 Å². The Morgan fingerprint density at radius 2 is 0.406 bits per heavy atom. The van der Waals surface area contributed by atoms with Crippen LogP contribution in [0.5, 0.6) is 0 Å². The lowest BCUT2D eigenvalue weighted by molar-refractivity contribution is -0.362.